The zero-order valence-electron chi connectivity index (χ0n) is 17.2. The molecule has 5 heteroatoms. The van der Waals surface area contributed by atoms with Gasteiger partial charge in [0.2, 0.25) is 5.89 Å². The van der Waals surface area contributed by atoms with Crippen molar-refractivity contribution >= 4 is 5.91 Å². The molecule has 1 aromatic heterocycles. The Labute approximate surface area is 162 Å². The second-order valence-electron chi connectivity index (χ2n) is 8.59. The predicted molar refractivity (Wildman–Crippen MR) is 107 cm³/mol. The molecule has 5 nitrogen and oxygen atoms in total. The van der Waals surface area contributed by atoms with Gasteiger partial charge in [0.05, 0.1) is 12.7 Å². The third-order valence-electron chi connectivity index (χ3n) is 5.28. The molecule has 1 aliphatic heterocycles. The molecule has 1 amide bonds. The van der Waals surface area contributed by atoms with E-state index in [2.05, 4.69) is 44.5 Å². The van der Waals surface area contributed by atoms with Crippen molar-refractivity contribution in [2.75, 3.05) is 26.2 Å². The lowest BCUT2D eigenvalue weighted by Crippen LogP contribution is -2.35. The summed E-state index contributed by atoms with van der Waals surface area (Å²) in [6, 6.07) is 5.97. The van der Waals surface area contributed by atoms with Crippen LogP contribution in [0.2, 0.25) is 0 Å². The molecule has 146 valence electrons. The number of oxazole rings is 1. The number of rotatable bonds is 3. The molecule has 0 atom stereocenters. The molecule has 0 spiro atoms. The maximum Gasteiger partial charge on any atom is 0.253 e. The van der Waals surface area contributed by atoms with Crippen LogP contribution in [0.1, 0.15) is 60.3 Å². The molecular formula is C22H31N3O2. The van der Waals surface area contributed by atoms with Gasteiger partial charge in [0.15, 0.2) is 0 Å². The highest BCUT2D eigenvalue weighted by Gasteiger charge is 2.23. The topological polar surface area (TPSA) is 49.6 Å². The number of hydrogen-bond acceptors (Lipinski definition) is 4. The Hall–Kier alpha value is -2.14. The Morgan fingerprint density at radius 3 is 2.56 bits per heavy atom. The lowest BCUT2D eigenvalue weighted by molar-refractivity contribution is 0.0760. The summed E-state index contributed by atoms with van der Waals surface area (Å²) in [4.78, 5) is 21.6. The van der Waals surface area contributed by atoms with Crippen LogP contribution in [-0.2, 0) is 12.0 Å². The molecule has 0 radical (unpaired) electrons. The lowest BCUT2D eigenvalue weighted by Gasteiger charge is -2.22. The quantitative estimate of drug-likeness (QED) is 0.822. The van der Waals surface area contributed by atoms with Gasteiger partial charge in [-0.3, -0.25) is 9.69 Å². The zero-order chi connectivity index (χ0) is 19.6. The van der Waals surface area contributed by atoms with Gasteiger partial charge >= 0.3 is 0 Å². The van der Waals surface area contributed by atoms with Crippen molar-refractivity contribution in [2.24, 2.45) is 0 Å². The van der Waals surface area contributed by atoms with Crippen LogP contribution >= 0.6 is 0 Å². The van der Waals surface area contributed by atoms with E-state index in [1.54, 1.807) is 0 Å². The van der Waals surface area contributed by atoms with Crippen LogP contribution in [0.25, 0.3) is 0 Å². The van der Waals surface area contributed by atoms with Crippen molar-refractivity contribution in [3.8, 4) is 0 Å². The van der Waals surface area contributed by atoms with Crippen LogP contribution in [0, 0.1) is 13.8 Å². The first-order chi connectivity index (χ1) is 12.7. The molecule has 27 heavy (non-hydrogen) atoms. The van der Waals surface area contributed by atoms with E-state index < -0.39 is 0 Å². The number of amides is 1. The van der Waals surface area contributed by atoms with Gasteiger partial charge in [-0.05, 0) is 43.5 Å². The number of carbonyl (C=O) groups is 1. The molecular weight excluding hydrogens is 338 g/mol. The standard InChI is InChI=1S/C22H31N3O2/c1-16-7-8-18(13-17(16)2)21(26)25-10-6-9-24(11-12-25)15-20-23-14-19(27-20)22(3,4)5/h7-8,13-14H,6,9-12,15H2,1-5H3. The number of aryl methyl sites for hydroxylation is 2. The zero-order valence-corrected chi connectivity index (χ0v) is 17.2. The molecule has 1 saturated heterocycles. The van der Waals surface area contributed by atoms with E-state index in [1.165, 1.54) is 5.56 Å². The highest BCUT2D eigenvalue weighted by Crippen LogP contribution is 2.23. The van der Waals surface area contributed by atoms with Crippen LogP contribution in [0.3, 0.4) is 0 Å². The molecule has 3 rings (SSSR count). The van der Waals surface area contributed by atoms with Crippen molar-refractivity contribution in [1.82, 2.24) is 14.8 Å². The maximum atomic E-state index is 12.9. The summed E-state index contributed by atoms with van der Waals surface area (Å²) in [6.45, 7) is 14.5. The van der Waals surface area contributed by atoms with E-state index in [0.29, 0.717) is 6.54 Å². The Kier molecular flexibility index (Phi) is 5.70. The monoisotopic (exact) mass is 369 g/mol. The normalized spacial score (nSPS) is 16.4. The van der Waals surface area contributed by atoms with Gasteiger partial charge in [0.25, 0.3) is 5.91 Å². The van der Waals surface area contributed by atoms with Crippen molar-refractivity contribution in [2.45, 2.75) is 53.0 Å². The Morgan fingerprint density at radius 1 is 1.11 bits per heavy atom. The van der Waals surface area contributed by atoms with E-state index in [1.807, 2.05) is 29.3 Å². The predicted octanol–water partition coefficient (Wildman–Crippen LogP) is 3.94. The molecule has 0 aliphatic carbocycles. The summed E-state index contributed by atoms with van der Waals surface area (Å²) in [5, 5.41) is 0. The van der Waals surface area contributed by atoms with Gasteiger partial charge in [-0.25, -0.2) is 4.98 Å². The first kappa shape index (κ1) is 19.6. The van der Waals surface area contributed by atoms with E-state index in [4.69, 9.17) is 4.42 Å². The number of hydrogen-bond donors (Lipinski definition) is 0. The summed E-state index contributed by atoms with van der Waals surface area (Å²) in [6.07, 6.45) is 2.80. The SMILES string of the molecule is Cc1ccc(C(=O)N2CCCN(Cc3ncc(C(C)(C)C)o3)CC2)cc1C. The largest absolute Gasteiger partial charge is 0.444 e. The van der Waals surface area contributed by atoms with Crippen molar-refractivity contribution in [3.05, 3.63) is 52.7 Å². The highest BCUT2D eigenvalue weighted by molar-refractivity contribution is 5.94. The van der Waals surface area contributed by atoms with Crippen LogP contribution < -0.4 is 0 Å². The molecule has 1 aliphatic rings. The smallest absolute Gasteiger partial charge is 0.253 e. The summed E-state index contributed by atoms with van der Waals surface area (Å²) in [7, 11) is 0. The number of nitrogens with zero attached hydrogens (tertiary/aromatic N) is 3. The molecule has 2 heterocycles. The first-order valence-electron chi connectivity index (χ1n) is 9.78. The van der Waals surface area contributed by atoms with Crippen LogP contribution in [0.4, 0.5) is 0 Å². The highest BCUT2D eigenvalue weighted by atomic mass is 16.4. The molecule has 0 bridgehead atoms. The lowest BCUT2D eigenvalue weighted by atomic mass is 9.94. The maximum absolute atomic E-state index is 12.9. The summed E-state index contributed by atoms with van der Waals surface area (Å²) in [5.74, 6) is 1.80. The Morgan fingerprint density at radius 2 is 1.89 bits per heavy atom. The second kappa shape index (κ2) is 7.85. The van der Waals surface area contributed by atoms with Gasteiger partial charge in [0.1, 0.15) is 5.76 Å². The summed E-state index contributed by atoms with van der Waals surface area (Å²) in [5.41, 5.74) is 3.14. The van der Waals surface area contributed by atoms with Gasteiger partial charge in [-0.2, -0.15) is 0 Å². The summed E-state index contributed by atoms with van der Waals surface area (Å²) < 4.78 is 5.93. The van der Waals surface area contributed by atoms with E-state index in [9.17, 15) is 4.79 Å². The molecule has 2 aromatic rings. The third-order valence-corrected chi connectivity index (χ3v) is 5.28. The second-order valence-corrected chi connectivity index (χ2v) is 8.59. The fourth-order valence-corrected chi connectivity index (χ4v) is 3.31. The third kappa shape index (κ3) is 4.78. The molecule has 0 N–H and O–H groups in total. The van der Waals surface area contributed by atoms with Crippen molar-refractivity contribution in [1.29, 1.82) is 0 Å². The molecule has 0 unspecified atom stereocenters. The number of aromatic nitrogens is 1. The average molecular weight is 370 g/mol. The summed E-state index contributed by atoms with van der Waals surface area (Å²) >= 11 is 0. The van der Waals surface area contributed by atoms with Crippen LogP contribution in [-0.4, -0.2) is 46.9 Å². The minimum Gasteiger partial charge on any atom is -0.444 e. The van der Waals surface area contributed by atoms with E-state index >= 15 is 0 Å². The first-order valence-corrected chi connectivity index (χ1v) is 9.78. The van der Waals surface area contributed by atoms with Gasteiger partial charge in [0, 0.05) is 37.2 Å². The molecule has 1 fully saturated rings. The number of benzene rings is 1. The fourth-order valence-electron chi connectivity index (χ4n) is 3.31. The van der Waals surface area contributed by atoms with Crippen molar-refractivity contribution in [3.63, 3.8) is 0 Å². The minimum absolute atomic E-state index is 0.0283. The fraction of sp³-hybridized carbons (Fsp3) is 0.545. The van der Waals surface area contributed by atoms with Gasteiger partial charge in [-0.15, -0.1) is 0 Å². The van der Waals surface area contributed by atoms with E-state index in [-0.39, 0.29) is 11.3 Å². The van der Waals surface area contributed by atoms with Gasteiger partial charge in [-0.1, -0.05) is 26.8 Å². The van der Waals surface area contributed by atoms with E-state index in [0.717, 1.165) is 55.4 Å². The molecule has 1 aromatic carbocycles. The van der Waals surface area contributed by atoms with Crippen molar-refractivity contribution < 1.29 is 9.21 Å². The van der Waals surface area contributed by atoms with Crippen LogP contribution in [0.15, 0.2) is 28.8 Å². The Balaban J connectivity index is 1.60. The Bertz CT molecular complexity index is 804. The minimum atomic E-state index is -0.0283. The average Bonchev–Trinajstić information content (AvgIpc) is 2.96. The number of carbonyl (C=O) groups excluding carboxylic acids is 1. The van der Waals surface area contributed by atoms with Crippen LogP contribution in [0.5, 0.6) is 0 Å². The van der Waals surface area contributed by atoms with Gasteiger partial charge < -0.3 is 9.32 Å². The molecule has 0 saturated carbocycles.